The molecule has 0 spiro atoms. The summed E-state index contributed by atoms with van der Waals surface area (Å²) in [6.45, 7) is 4.80. The van der Waals surface area contributed by atoms with Gasteiger partial charge in [0.2, 0.25) is 0 Å². The van der Waals surface area contributed by atoms with Crippen LogP contribution in [0.25, 0.3) is 0 Å². The summed E-state index contributed by atoms with van der Waals surface area (Å²) in [6, 6.07) is 2.03. The number of rotatable bonds is 6. The van der Waals surface area contributed by atoms with Crippen LogP contribution in [0.15, 0.2) is 15.9 Å². The number of halogens is 1. The van der Waals surface area contributed by atoms with E-state index in [9.17, 15) is 0 Å². The molecule has 0 saturated carbocycles. The Morgan fingerprint density at radius 1 is 1.38 bits per heavy atom. The number of aryl methyl sites for hydroxylation is 1. The molecule has 2 aromatic heterocycles. The van der Waals surface area contributed by atoms with Crippen LogP contribution < -0.4 is 11.1 Å². The van der Waals surface area contributed by atoms with Crippen molar-refractivity contribution < 1.29 is 0 Å². The van der Waals surface area contributed by atoms with Gasteiger partial charge in [-0.3, -0.25) is 0 Å². The van der Waals surface area contributed by atoms with Crippen LogP contribution in [-0.2, 0) is 19.4 Å². The molecule has 0 radical (unpaired) electrons. The van der Waals surface area contributed by atoms with Crippen LogP contribution in [-0.4, -0.2) is 15.2 Å². The minimum atomic E-state index is 0.365. The smallest absolute Gasteiger partial charge is 0.159 e. The minimum absolute atomic E-state index is 0.365. The van der Waals surface area contributed by atoms with Gasteiger partial charge in [0.1, 0.15) is 4.99 Å². The van der Waals surface area contributed by atoms with Crippen LogP contribution >= 0.6 is 39.5 Å². The average molecular weight is 385 g/mol. The molecule has 3 N–H and O–H groups in total. The maximum atomic E-state index is 5.91. The van der Waals surface area contributed by atoms with E-state index in [1.165, 1.54) is 4.88 Å². The largest absolute Gasteiger partial charge is 0.389 e. The van der Waals surface area contributed by atoms with Gasteiger partial charge in [-0.05, 0) is 45.8 Å². The predicted octanol–water partition coefficient (Wildman–Crippen LogP) is 3.67. The fourth-order valence-corrected chi connectivity index (χ4v) is 3.83. The number of hydrogen-bond donors (Lipinski definition) is 2. The summed E-state index contributed by atoms with van der Waals surface area (Å²) < 4.78 is 1.09. The highest BCUT2D eigenvalue weighted by Crippen LogP contribution is 2.25. The van der Waals surface area contributed by atoms with Gasteiger partial charge in [0.05, 0.1) is 17.8 Å². The molecule has 2 heterocycles. The first kappa shape index (κ1) is 16.3. The zero-order valence-corrected chi connectivity index (χ0v) is 15.2. The van der Waals surface area contributed by atoms with E-state index in [2.05, 4.69) is 45.3 Å². The molecule has 21 heavy (non-hydrogen) atoms. The van der Waals surface area contributed by atoms with E-state index in [0.717, 1.165) is 34.1 Å². The van der Waals surface area contributed by atoms with Gasteiger partial charge >= 0.3 is 0 Å². The van der Waals surface area contributed by atoms with Crippen molar-refractivity contribution in [2.24, 2.45) is 5.73 Å². The van der Waals surface area contributed by atoms with Crippen LogP contribution in [0.4, 0.5) is 5.82 Å². The Bertz CT molecular complexity index is 654. The molecule has 0 bridgehead atoms. The first-order valence-electron chi connectivity index (χ1n) is 6.72. The van der Waals surface area contributed by atoms with Crippen molar-refractivity contribution in [3.05, 3.63) is 37.6 Å². The van der Waals surface area contributed by atoms with E-state index in [1.807, 2.05) is 11.4 Å². The fraction of sp³-hybridized carbons (Fsp3) is 0.357. The van der Waals surface area contributed by atoms with Crippen molar-refractivity contribution in [1.82, 2.24) is 10.2 Å². The van der Waals surface area contributed by atoms with E-state index in [1.54, 1.807) is 11.3 Å². The Hall–Kier alpha value is -1.05. The highest BCUT2D eigenvalue weighted by molar-refractivity contribution is 9.10. The minimum Gasteiger partial charge on any atom is -0.389 e. The Morgan fingerprint density at radius 2 is 2.14 bits per heavy atom. The van der Waals surface area contributed by atoms with Crippen molar-refractivity contribution in [2.75, 3.05) is 5.32 Å². The van der Waals surface area contributed by atoms with Gasteiger partial charge in [-0.25, -0.2) is 0 Å². The van der Waals surface area contributed by atoms with Crippen molar-refractivity contribution in [2.45, 2.75) is 33.2 Å². The molecule has 7 heteroatoms. The summed E-state index contributed by atoms with van der Waals surface area (Å²) in [5, 5.41) is 13.9. The predicted molar refractivity (Wildman–Crippen MR) is 96.0 cm³/mol. The Morgan fingerprint density at radius 3 is 2.67 bits per heavy atom. The van der Waals surface area contributed by atoms with E-state index in [4.69, 9.17) is 18.0 Å². The zero-order valence-electron chi connectivity index (χ0n) is 11.9. The number of thiophene rings is 1. The molecule has 0 saturated heterocycles. The normalized spacial score (nSPS) is 10.6. The Balaban J connectivity index is 2.34. The Kier molecular flexibility index (Phi) is 5.66. The van der Waals surface area contributed by atoms with Gasteiger partial charge in [-0.15, -0.1) is 16.4 Å². The number of thiocarbonyl (C=S) groups is 1. The lowest BCUT2D eigenvalue weighted by Crippen LogP contribution is -2.19. The molecule has 0 aliphatic rings. The highest BCUT2D eigenvalue weighted by atomic mass is 79.9. The number of nitrogens with zero attached hydrogens (tertiary/aromatic N) is 2. The molecule has 0 aromatic carbocycles. The van der Waals surface area contributed by atoms with Crippen LogP contribution in [0.2, 0.25) is 0 Å². The number of hydrogen-bond acceptors (Lipinski definition) is 5. The number of nitrogens with one attached hydrogen (secondary N) is 1. The maximum Gasteiger partial charge on any atom is 0.159 e. The molecule has 112 valence electrons. The molecule has 0 fully saturated rings. The molecule has 0 unspecified atom stereocenters. The topological polar surface area (TPSA) is 63.8 Å². The monoisotopic (exact) mass is 384 g/mol. The second kappa shape index (κ2) is 7.29. The van der Waals surface area contributed by atoms with Crippen molar-refractivity contribution >= 4 is 50.3 Å². The first-order valence-corrected chi connectivity index (χ1v) is 8.80. The average Bonchev–Trinajstić information content (AvgIpc) is 2.88. The molecule has 2 aromatic rings. The van der Waals surface area contributed by atoms with E-state index < -0.39 is 0 Å². The van der Waals surface area contributed by atoms with Crippen molar-refractivity contribution in [1.29, 1.82) is 0 Å². The van der Waals surface area contributed by atoms with Gasteiger partial charge in [0.25, 0.3) is 0 Å². The van der Waals surface area contributed by atoms with Crippen LogP contribution in [0.5, 0.6) is 0 Å². The standard InChI is InChI=1S/C14H17BrN4S2/c1-3-8-10(4-2)18-19-14(12(8)13(16)20)17-7-11-9(15)5-6-21-11/h5-6H,3-4,7H2,1-2H3,(H2,16,20)(H,17,19). The lowest BCUT2D eigenvalue weighted by Gasteiger charge is -2.15. The van der Waals surface area contributed by atoms with Gasteiger partial charge in [0.15, 0.2) is 5.82 Å². The summed E-state index contributed by atoms with van der Waals surface area (Å²) in [4.78, 5) is 1.56. The molecular formula is C14H17BrN4S2. The molecular weight excluding hydrogens is 368 g/mol. The lowest BCUT2D eigenvalue weighted by molar-refractivity contribution is 0.872. The quantitative estimate of drug-likeness (QED) is 0.743. The maximum absolute atomic E-state index is 5.91. The van der Waals surface area contributed by atoms with E-state index >= 15 is 0 Å². The van der Waals surface area contributed by atoms with Crippen molar-refractivity contribution in [3.8, 4) is 0 Å². The van der Waals surface area contributed by atoms with Gasteiger partial charge in [0, 0.05) is 9.35 Å². The molecule has 0 atom stereocenters. The summed E-state index contributed by atoms with van der Waals surface area (Å²) >= 11 is 10.4. The number of aromatic nitrogens is 2. The third kappa shape index (κ3) is 3.59. The zero-order chi connectivity index (χ0) is 15.4. The molecule has 0 aliphatic heterocycles. The van der Waals surface area contributed by atoms with Crippen LogP contribution in [0.1, 0.15) is 35.5 Å². The number of anilines is 1. The van der Waals surface area contributed by atoms with Gasteiger partial charge in [-0.2, -0.15) is 5.10 Å². The second-order valence-electron chi connectivity index (χ2n) is 4.47. The molecule has 0 aliphatic carbocycles. The molecule has 2 rings (SSSR count). The van der Waals surface area contributed by atoms with Gasteiger partial charge in [-0.1, -0.05) is 26.1 Å². The fourth-order valence-electron chi connectivity index (χ4n) is 2.18. The molecule has 4 nitrogen and oxygen atoms in total. The Labute approximate surface area is 142 Å². The summed E-state index contributed by atoms with van der Waals surface area (Å²) in [5.41, 5.74) is 8.79. The first-order chi connectivity index (χ1) is 10.1. The van der Waals surface area contributed by atoms with Crippen LogP contribution in [0, 0.1) is 0 Å². The van der Waals surface area contributed by atoms with E-state index in [-0.39, 0.29) is 0 Å². The number of nitrogens with two attached hydrogens (primary N) is 1. The summed E-state index contributed by atoms with van der Waals surface area (Å²) in [7, 11) is 0. The molecule has 0 amide bonds. The summed E-state index contributed by atoms with van der Waals surface area (Å²) in [5.74, 6) is 0.664. The lowest BCUT2D eigenvalue weighted by atomic mass is 10.0. The van der Waals surface area contributed by atoms with Crippen LogP contribution in [0.3, 0.4) is 0 Å². The highest BCUT2D eigenvalue weighted by Gasteiger charge is 2.16. The third-order valence-electron chi connectivity index (χ3n) is 3.20. The second-order valence-corrected chi connectivity index (χ2v) is 6.76. The van der Waals surface area contributed by atoms with Crippen molar-refractivity contribution in [3.63, 3.8) is 0 Å². The summed E-state index contributed by atoms with van der Waals surface area (Å²) in [6.07, 6.45) is 1.66. The van der Waals surface area contributed by atoms with E-state index in [0.29, 0.717) is 17.4 Å². The third-order valence-corrected chi connectivity index (χ3v) is 5.33. The SMILES string of the molecule is CCc1nnc(NCc2sccc2Br)c(C(N)=S)c1CC. The van der Waals surface area contributed by atoms with Gasteiger partial charge < -0.3 is 11.1 Å².